The molecule has 1 atom stereocenters. The van der Waals surface area contributed by atoms with Crippen LogP contribution in [0.25, 0.3) is 10.9 Å². The first-order valence-electron chi connectivity index (χ1n) is 7.30. The van der Waals surface area contributed by atoms with Crippen LogP contribution in [0.4, 0.5) is 5.69 Å². The van der Waals surface area contributed by atoms with Crippen molar-refractivity contribution in [2.75, 3.05) is 19.7 Å². The van der Waals surface area contributed by atoms with Gasteiger partial charge in [0.25, 0.3) is 5.69 Å². The molecule has 1 aromatic carbocycles. The molecule has 0 amide bonds. The summed E-state index contributed by atoms with van der Waals surface area (Å²) in [7, 11) is 0. The van der Waals surface area contributed by atoms with Gasteiger partial charge in [0, 0.05) is 30.9 Å². The molecule has 1 aliphatic heterocycles. The average molecular weight is 333 g/mol. The molecule has 2 N–H and O–H groups in total. The molecule has 1 fully saturated rings. The highest BCUT2D eigenvalue weighted by atomic mass is 16.6. The monoisotopic (exact) mass is 333 g/mol. The maximum atomic E-state index is 12.5. The van der Waals surface area contributed by atoms with Crippen LogP contribution in [0.15, 0.2) is 23.0 Å². The zero-order chi connectivity index (χ0) is 17.4. The third kappa shape index (κ3) is 2.53. The number of aromatic carboxylic acids is 1. The second-order valence-corrected chi connectivity index (χ2v) is 5.45. The van der Waals surface area contributed by atoms with Crippen molar-refractivity contribution in [2.45, 2.75) is 13.2 Å². The van der Waals surface area contributed by atoms with E-state index in [0.29, 0.717) is 25.2 Å². The first-order chi connectivity index (χ1) is 11.4. The van der Waals surface area contributed by atoms with Gasteiger partial charge in [-0.3, -0.25) is 14.9 Å². The molecule has 1 saturated heterocycles. The highest BCUT2D eigenvalue weighted by molar-refractivity contribution is 5.94. The summed E-state index contributed by atoms with van der Waals surface area (Å²) < 4.78 is 7.28. The molecule has 1 unspecified atom stereocenters. The van der Waals surface area contributed by atoms with Gasteiger partial charge in [0.1, 0.15) is 11.8 Å². The largest absolute Gasteiger partial charge is 0.477 e. The maximum absolute atomic E-state index is 12.5. The molecule has 3 rings (SSSR count). The van der Waals surface area contributed by atoms with Gasteiger partial charge in [-0.25, -0.2) is 4.79 Å². The molecule has 9 nitrogen and oxygen atoms in total. The molecule has 24 heavy (non-hydrogen) atoms. The van der Waals surface area contributed by atoms with E-state index in [0.717, 1.165) is 6.07 Å². The number of fused-ring (bicyclic) bond motifs is 1. The minimum Gasteiger partial charge on any atom is -0.477 e. The van der Waals surface area contributed by atoms with Crippen molar-refractivity contribution in [3.63, 3.8) is 0 Å². The Morgan fingerprint density at radius 2 is 2.25 bits per heavy atom. The van der Waals surface area contributed by atoms with Gasteiger partial charge >= 0.3 is 5.97 Å². The van der Waals surface area contributed by atoms with E-state index < -0.39 is 28.1 Å². The number of non-ortho nitro benzene ring substituents is 1. The Hall–Kier alpha value is -2.78. The van der Waals surface area contributed by atoms with E-state index in [-0.39, 0.29) is 16.8 Å². The fourth-order valence-corrected chi connectivity index (χ4v) is 2.97. The minimum atomic E-state index is -1.37. The number of pyridine rings is 1. The maximum Gasteiger partial charge on any atom is 0.341 e. The topological polar surface area (TPSA) is 124 Å². The van der Waals surface area contributed by atoms with Gasteiger partial charge in [0.05, 0.1) is 22.4 Å². The van der Waals surface area contributed by atoms with Crippen molar-refractivity contribution in [1.29, 1.82) is 0 Å². The number of rotatable bonds is 3. The van der Waals surface area contributed by atoms with Crippen molar-refractivity contribution >= 4 is 22.6 Å². The van der Waals surface area contributed by atoms with Crippen molar-refractivity contribution in [1.82, 2.24) is 9.88 Å². The third-order valence-electron chi connectivity index (χ3n) is 4.06. The van der Waals surface area contributed by atoms with Crippen LogP contribution >= 0.6 is 0 Å². The van der Waals surface area contributed by atoms with E-state index in [1.54, 1.807) is 4.57 Å². The lowest BCUT2D eigenvalue weighted by Crippen LogP contribution is -2.38. The lowest BCUT2D eigenvalue weighted by Gasteiger charge is -2.29. The van der Waals surface area contributed by atoms with Crippen molar-refractivity contribution in [2.24, 2.45) is 0 Å². The number of hydrogen-bond acceptors (Lipinski definition) is 6. The Kier molecular flexibility index (Phi) is 4.04. The predicted molar refractivity (Wildman–Crippen MR) is 84.4 cm³/mol. The molecule has 1 aliphatic rings. The lowest BCUT2D eigenvalue weighted by molar-refractivity contribution is -0.384. The van der Waals surface area contributed by atoms with Gasteiger partial charge < -0.3 is 19.7 Å². The SMILES string of the molecule is Cc1c(C(=O)O)c(=O)c2cc([N+](=O)[O-])ccc2n1C1CNCCO1. The smallest absolute Gasteiger partial charge is 0.341 e. The van der Waals surface area contributed by atoms with Gasteiger partial charge in [0.15, 0.2) is 0 Å². The van der Waals surface area contributed by atoms with Gasteiger partial charge in [-0.2, -0.15) is 0 Å². The number of aromatic nitrogens is 1. The molecule has 9 heteroatoms. The van der Waals surface area contributed by atoms with Crippen molar-refractivity contribution < 1.29 is 19.6 Å². The van der Waals surface area contributed by atoms with Crippen LogP contribution in [0.2, 0.25) is 0 Å². The summed E-state index contributed by atoms with van der Waals surface area (Å²) in [6.45, 7) is 3.08. The second kappa shape index (κ2) is 6.02. The fraction of sp³-hybridized carbons (Fsp3) is 0.333. The van der Waals surface area contributed by atoms with E-state index in [2.05, 4.69) is 5.32 Å². The highest BCUT2D eigenvalue weighted by Gasteiger charge is 2.26. The van der Waals surface area contributed by atoms with E-state index in [9.17, 15) is 24.8 Å². The molecule has 0 saturated carbocycles. The standard InChI is InChI=1S/C15H15N3O6/c1-8-13(15(20)21)14(19)10-6-9(18(22)23)2-3-11(10)17(8)12-7-16-4-5-24-12/h2-3,6,12,16H,4-5,7H2,1H3,(H,20,21). The van der Waals surface area contributed by atoms with E-state index in [1.807, 2.05) is 0 Å². The Bertz CT molecular complexity index is 898. The molecule has 0 bridgehead atoms. The van der Waals surface area contributed by atoms with Crippen LogP contribution in [0, 0.1) is 17.0 Å². The Morgan fingerprint density at radius 1 is 1.50 bits per heavy atom. The summed E-state index contributed by atoms with van der Waals surface area (Å²) in [5.74, 6) is -1.37. The van der Waals surface area contributed by atoms with E-state index in [4.69, 9.17) is 4.74 Å². The molecule has 0 aliphatic carbocycles. The summed E-state index contributed by atoms with van der Waals surface area (Å²) in [6.07, 6.45) is -0.499. The van der Waals surface area contributed by atoms with Crippen molar-refractivity contribution in [3.8, 4) is 0 Å². The number of nitro groups is 1. The highest BCUT2D eigenvalue weighted by Crippen LogP contribution is 2.25. The number of hydrogen-bond donors (Lipinski definition) is 2. The minimum absolute atomic E-state index is 0.0126. The number of nitro benzene ring substituents is 1. The summed E-state index contributed by atoms with van der Waals surface area (Å²) in [5.41, 5.74) is -0.755. The Morgan fingerprint density at radius 3 is 2.83 bits per heavy atom. The average Bonchev–Trinajstić information content (AvgIpc) is 2.55. The first kappa shape index (κ1) is 16.1. The third-order valence-corrected chi connectivity index (χ3v) is 4.06. The first-order valence-corrected chi connectivity index (χ1v) is 7.30. The molecule has 0 spiro atoms. The second-order valence-electron chi connectivity index (χ2n) is 5.45. The summed E-state index contributed by atoms with van der Waals surface area (Å²) >= 11 is 0. The van der Waals surface area contributed by atoms with Crippen LogP contribution in [0.3, 0.4) is 0 Å². The van der Waals surface area contributed by atoms with Crippen LogP contribution < -0.4 is 10.7 Å². The normalized spacial score (nSPS) is 17.8. The molecule has 126 valence electrons. The van der Waals surface area contributed by atoms with E-state index >= 15 is 0 Å². The number of benzene rings is 1. The van der Waals surface area contributed by atoms with E-state index in [1.165, 1.54) is 19.1 Å². The number of carboxylic acid groups (broad SMARTS) is 1. The molecule has 2 aromatic rings. The van der Waals surface area contributed by atoms with Crippen LogP contribution in [0.5, 0.6) is 0 Å². The van der Waals surface area contributed by atoms with Crippen LogP contribution in [-0.4, -0.2) is 40.3 Å². The Labute approximate surface area is 135 Å². The number of morpholine rings is 1. The predicted octanol–water partition coefficient (Wildman–Crippen LogP) is 1.03. The molecule has 1 aromatic heterocycles. The number of ether oxygens (including phenoxy) is 1. The van der Waals surface area contributed by atoms with Gasteiger partial charge in [-0.05, 0) is 13.0 Å². The molecular formula is C15H15N3O6. The summed E-state index contributed by atoms with van der Waals surface area (Å²) in [4.78, 5) is 34.4. The number of nitrogens with one attached hydrogen (secondary N) is 1. The van der Waals surface area contributed by atoms with Crippen molar-refractivity contribution in [3.05, 3.63) is 49.8 Å². The molecule has 2 heterocycles. The lowest BCUT2D eigenvalue weighted by atomic mass is 10.1. The zero-order valence-corrected chi connectivity index (χ0v) is 12.8. The van der Waals surface area contributed by atoms with Crippen LogP contribution in [-0.2, 0) is 4.74 Å². The molecular weight excluding hydrogens is 318 g/mol. The van der Waals surface area contributed by atoms with Gasteiger partial charge in [-0.15, -0.1) is 0 Å². The number of carboxylic acids is 1. The van der Waals surface area contributed by atoms with Gasteiger partial charge in [-0.1, -0.05) is 0 Å². The zero-order valence-electron chi connectivity index (χ0n) is 12.8. The number of carbonyl (C=O) groups is 1. The summed E-state index contributed by atoms with van der Waals surface area (Å²) in [6, 6.07) is 3.84. The Balaban J connectivity index is 2.38. The number of nitrogens with zero attached hydrogens (tertiary/aromatic N) is 2. The molecule has 0 radical (unpaired) electrons. The quantitative estimate of drug-likeness (QED) is 0.635. The summed E-state index contributed by atoms with van der Waals surface area (Å²) in [5, 5.41) is 23.5. The van der Waals surface area contributed by atoms with Crippen LogP contribution in [0.1, 0.15) is 22.3 Å². The van der Waals surface area contributed by atoms with Gasteiger partial charge in [0.2, 0.25) is 5.43 Å². The fourth-order valence-electron chi connectivity index (χ4n) is 2.97.